The highest BCUT2D eigenvalue weighted by molar-refractivity contribution is 6.99. The molecule has 2 fully saturated rings. The molecular weight excluding hydrogens is 372 g/mol. The van der Waals surface area contributed by atoms with Crippen LogP contribution in [0.15, 0.2) is 30.3 Å². The second-order valence-electron chi connectivity index (χ2n) is 7.05. The quantitative estimate of drug-likeness (QED) is 0.577. The van der Waals surface area contributed by atoms with Gasteiger partial charge in [-0.15, -0.1) is 21.2 Å². The monoisotopic (exact) mass is 396 g/mol. The summed E-state index contributed by atoms with van der Waals surface area (Å²) in [6.07, 6.45) is 6.83. The molecule has 2 aliphatic carbocycles. The van der Waals surface area contributed by atoms with Gasteiger partial charge in [-0.25, -0.2) is 0 Å². The van der Waals surface area contributed by atoms with Crippen LogP contribution in [-0.2, 0) is 11.3 Å². The standard InChI is InChI=1S/C19H24N2O3S.ClH/c1-2-5-16(6-3-1)14-22-11-4-12-23-17-18(21-25-20-17)24-19-9-7-15(13-19)8-10-19;/h1-3,5-6,15H,4,7-14H2;1H. The number of rotatable bonds is 9. The first-order chi connectivity index (χ1) is 12.3. The SMILES string of the molecule is Cl.c1ccc(COCCCOc2nsnc2OC23CCC(CC2)C3)cc1. The summed E-state index contributed by atoms with van der Waals surface area (Å²) in [6.45, 7) is 1.86. The number of hydrogen-bond acceptors (Lipinski definition) is 6. The predicted molar refractivity (Wildman–Crippen MR) is 103 cm³/mol. The Balaban J connectivity index is 0.00000196. The minimum atomic E-state index is -0.00265. The predicted octanol–water partition coefficient (Wildman–Crippen LogP) is 4.66. The Morgan fingerprint density at radius 1 is 1.04 bits per heavy atom. The Kier molecular flexibility index (Phi) is 6.73. The second kappa shape index (κ2) is 9.02. The van der Waals surface area contributed by atoms with Gasteiger partial charge in [0.05, 0.1) is 31.5 Å². The fourth-order valence-electron chi connectivity index (χ4n) is 3.90. The summed E-state index contributed by atoms with van der Waals surface area (Å²) in [5.74, 6) is 1.97. The minimum absolute atomic E-state index is 0. The second-order valence-corrected chi connectivity index (χ2v) is 7.58. The van der Waals surface area contributed by atoms with E-state index in [2.05, 4.69) is 20.9 Å². The molecule has 0 amide bonds. The zero-order chi connectivity index (χ0) is 17.0. The topological polar surface area (TPSA) is 53.5 Å². The maximum atomic E-state index is 6.24. The van der Waals surface area contributed by atoms with E-state index in [0.29, 0.717) is 31.6 Å². The molecular formula is C19H25ClN2O3S. The molecule has 0 spiro atoms. The van der Waals surface area contributed by atoms with E-state index < -0.39 is 0 Å². The first-order valence-electron chi connectivity index (χ1n) is 9.09. The molecule has 0 unspecified atom stereocenters. The first kappa shape index (κ1) is 19.4. The molecule has 1 aromatic heterocycles. The van der Waals surface area contributed by atoms with Gasteiger partial charge in [0.25, 0.3) is 11.8 Å². The summed E-state index contributed by atoms with van der Waals surface area (Å²) < 4.78 is 26.2. The van der Waals surface area contributed by atoms with Crippen LogP contribution in [0.2, 0.25) is 0 Å². The van der Waals surface area contributed by atoms with E-state index in [1.54, 1.807) is 0 Å². The van der Waals surface area contributed by atoms with Gasteiger partial charge in [0.2, 0.25) is 0 Å². The molecule has 0 saturated heterocycles. The third-order valence-corrected chi connectivity index (χ3v) is 5.70. The van der Waals surface area contributed by atoms with Crippen molar-refractivity contribution >= 4 is 24.1 Å². The van der Waals surface area contributed by atoms with Gasteiger partial charge in [0, 0.05) is 6.42 Å². The molecule has 26 heavy (non-hydrogen) atoms. The molecule has 2 saturated carbocycles. The number of ether oxygens (including phenoxy) is 3. The van der Waals surface area contributed by atoms with Crippen molar-refractivity contribution in [3.63, 3.8) is 0 Å². The molecule has 1 heterocycles. The third kappa shape index (κ3) is 4.67. The maximum Gasteiger partial charge on any atom is 0.291 e. The summed E-state index contributed by atoms with van der Waals surface area (Å²) in [7, 11) is 0. The van der Waals surface area contributed by atoms with Gasteiger partial charge in [-0.3, -0.25) is 0 Å². The average molecular weight is 397 g/mol. The van der Waals surface area contributed by atoms with Gasteiger partial charge < -0.3 is 14.2 Å². The van der Waals surface area contributed by atoms with E-state index in [0.717, 1.165) is 43.3 Å². The van der Waals surface area contributed by atoms with Crippen LogP contribution < -0.4 is 9.47 Å². The highest BCUT2D eigenvalue weighted by atomic mass is 35.5. The van der Waals surface area contributed by atoms with Gasteiger partial charge in [0.15, 0.2) is 0 Å². The normalized spacial score (nSPS) is 23.6. The van der Waals surface area contributed by atoms with Crippen molar-refractivity contribution in [1.29, 1.82) is 0 Å². The number of benzene rings is 1. The van der Waals surface area contributed by atoms with E-state index in [-0.39, 0.29) is 18.0 Å². The lowest BCUT2D eigenvalue weighted by Gasteiger charge is -2.26. The van der Waals surface area contributed by atoms with Crippen LogP contribution >= 0.6 is 24.1 Å². The summed E-state index contributed by atoms with van der Waals surface area (Å²) in [5.41, 5.74) is 1.19. The van der Waals surface area contributed by atoms with Crippen LogP contribution in [0.25, 0.3) is 0 Å². The van der Waals surface area contributed by atoms with E-state index >= 15 is 0 Å². The molecule has 4 rings (SSSR count). The lowest BCUT2D eigenvalue weighted by Crippen LogP contribution is -2.30. The largest absolute Gasteiger partial charge is 0.473 e. The van der Waals surface area contributed by atoms with Crippen LogP contribution in [0.3, 0.4) is 0 Å². The highest BCUT2D eigenvalue weighted by Gasteiger charge is 2.47. The molecule has 0 N–H and O–H groups in total. The van der Waals surface area contributed by atoms with Crippen molar-refractivity contribution in [2.24, 2.45) is 5.92 Å². The van der Waals surface area contributed by atoms with Crippen molar-refractivity contribution < 1.29 is 14.2 Å². The maximum absolute atomic E-state index is 6.24. The zero-order valence-corrected chi connectivity index (χ0v) is 16.4. The highest BCUT2D eigenvalue weighted by Crippen LogP contribution is 2.50. The Morgan fingerprint density at radius 3 is 2.54 bits per heavy atom. The van der Waals surface area contributed by atoms with Gasteiger partial charge in [-0.05, 0) is 43.6 Å². The summed E-state index contributed by atoms with van der Waals surface area (Å²) in [4.78, 5) is 0. The van der Waals surface area contributed by atoms with E-state index in [9.17, 15) is 0 Å². The molecule has 2 bridgehead atoms. The molecule has 0 aliphatic heterocycles. The summed E-state index contributed by atoms with van der Waals surface area (Å²) in [5, 5.41) is 0. The molecule has 7 heteroatoms. The number of fused-ring (bicyclic) bond motifs is 2. The van der Waals surface area contributed by atoms with Crippen molar-refractivity contribution in [2.75, 3.05) is 13.2 Å². The fraction of sp³-hybridized carbons (Fsp3) is 0.579. The molecule has 5 nitrogen and oxygen atoms in total. The van der Waals surface area contributed by atoms with E-state index in [4.69, 9.17) is 14.2 Å². The van der Waals surface area contributed by atoms with Gasteiger partial charge in [-0.2, -0.15) is 0 Å². The third-order valence-electron chi connectivity index (χ3n) is 5.20. The van der Waals surface area contributed by atoms with Crippen molar-refractivity contribution in [3.05, 3.63) is 35.9 Å². The fourth-order valence-corrected chi connectivity index (χ4v) is 4.34. The first-order valence-corrected chi connectivity index (χ1v) is 9.82. The Labute approximate surface area is 164 Å². The van der Waals surface area contributed by atoms with Crippen LogP contribution in [0.4, 0.5) is 0 Å². The average Bonchev–Trinajstić information content (AvgIpc) is 3.36. The number of aromatic nitrogens is 2. The molecule has 142 valence electrons. The molecule has 2 aromatic rings. The van der Waals surface area contributed by atoms with Crippen molar-refractivity contribution in [2.45, 2.75) is 50.7 Å². The minimum Gasteiger partial charge on any atom is -0.473 e. The molecule has 1 aromatic carbocycles. The number of halogens is 1. The van der Waals surface area contributed by atoms with Crippen LogP contribution in [0.5, 0.6) is 11.8 Å². The van der Waals surface area contributed by atoms with E-state index in [1.807, 2.05) is 18.2 Å². The molecule has 2 aliphatic rings. The molecule has 0 atom stereocenters. The van der Waals surface area contributed by atoms with Crippen molar-refractivity contribution in [3.8, 4) is 11.8 Å². The zero-order valence-electron chi connectivity index (χ0n) is 14.8. The van der Waals surface area contributed by atoms with Gasteiger partial charge >= 0.3 is 0 Å². The number of hydrogen-bond donors (Lipinski definition) is 0. The van der Waals surface area contributed by atoms with E-state index in [1.165, 1.54) is 18.4 Å². The van der Waals surface area contributed by atoms with Gasteiger partial charge in [-0.1, -0.05) is 30.3 Å². The Morgan fingerprint density at radius 2 is 1.81 bits per heavy atom. The Bertz CT molecular complexity index is 674. The van der Waals surface area contributed by atoms with Gasteiger partial charge in [0.1, 0.15) is 5.60 Å². The van der Waals surface area contributed by atoms with Crippen LogP contribution in [0, 0.1) is 5.92 Å². The lowest BCUT2D eigenvalue weighted by atomic mass is 9.97. The smallest absolute Gasteiger partial charge is 0.291 e. The summed E-state index contributed by atoms with van der Waals surface area (Å²) >= 11 is 1.16. The molecule has 0 radical (unpaired) electrons. The summed E-state index contributed by atoms with van der Waals surface area (Å²) in [6, 6.07) is 10.2. The number of nitrogens with zero attached hydrogens (tertiary/aromatic N) is 2. The van der Waals surface area contributed by atoms with Crippen molar-refractivity contribution in [1.82, 2.24) is 8.75 Å². The van der Waals surface area contributed by atoms with Crippen LogP contribution in [-0.4, -0.2) is 27.6 Å². The lowest BCUT2D eigenvalue weighted by molar-refractivity contribution is 0.0687. The Hall–Kier alpha value is -1.37. The van der Waals surface area contributed by atoms with Crippen LogP contribution in [0.1, 0.15) is 44.1 Å².